The summed E-state index contributed by atoms with van der Waals surface area (Å²) >= 11 is 1.63. The van der Waals surface area contributed by atoms with Crippen molar-refractivity contribution in [3.8, 4) is 0 Å². The molecule has 23 heavy (non-hydrogen) atoms. The first-order chi connectivity index (χ1) is 11.0. The molecule has 1 aromatic rings. The van der Waals surface area contributed by atoms with Gasteiger partial charge in [0.15, 0.2) is 0 Å². The molecular formula is C17H26N2O3S. The topological polar surface area (TPSA) is 51.7 Å². The lowest BCUT2D eigenvalue weighted by molar-refractivity contribution is -0.140. The number of hydrogen-bond donors (Lipinski definition) is 0. The molecule has 1 saturated heterocycles. The number of aromatic nitrogens is 1. The van der Waals surface area contributed by atoms with E-state index in [0.717, 1.165) is 47.8 Å². The number of hydrogen-bond acceptors (Lipinski definition) is 5. The van der Waals surface area contributed by atoms with Crippen LogP contribution in [0.1, 0.15) is 41.3 Å². The SMILES string of the molecule is CO[C@H]1CC[C@@]2(OC)CCN(C(=O)Cc3sc(C)nc3C)[C@H]2C1. The normalized spacial score (nSPS) is 30.5. The largest absolute Gasteiger partial charge is 0.381 e. The van der Waals surface area contributed by atoms with Crippen molar-refractivity contribution in [1.82, 2.24) is 9.88 Å². The van der Waals surface area contributed by atoms with Crippen molar-refractivity contribution in [2.75, 3.05) is 20.8 Å². The first kappa shape index (κ1) is 16.9. The quantitative estimate of drug-likeness (QED) is 0.846. The number of fused-ring (bicyclic) bond motifs is 1. The van der Waals surface area contributed by atoms with Gasteiger partial charge < -0.3 is 14.4 Å². The number of carbonyl (C=O) groups excluding carboxylic acids is 1. The summed E-state index contributed by atoms with van der Waals surface area (Å²) in [7, 11) is 3.54. The molecular weight excluding hydrogens is 312 g/mol. The van der Waals surface area contributed by atoms with Gasteiger partial charge >= 0.3 is 0 Å². The lowest BCUT2D eigenvalue weighted by atomic mass is 9.79. The molecule has 5 nitrogen and oxygen atoms in total. The van der Waals surface area contributed by atoms with Crippen molar-refractivity contribution in [2.24, 2.45) is 0 Å². The fourth-order valence-electron chi connectivity index (χ4n) is 4.15. The predicted octanol–water partition coefficient (Wildman–Crippen LogP) is 2.49. The second kappa shape index (κ2) is 6.49. The molecule has 0 unspecified atom stereocenters. The Morgan fingerprint density at radius 2 is 2.17 bits per heavy atom. The minimum atomic E-state index is -0.177. The zero-order valence-corrected chi connectivity index (χ0v) is 15.2. The number of rotatable bonds is 4. The Hall–Kier alpha value is -0.980. The number of thiazole rings is 1. The summed E-state index contributed by atoms with van der Waals surface area (Å²) in [4.78, 5) is 20.4. The molecule has 1 saturated carbocycles. The van der Waals surface area contributed by atoms with Crippen molar-refractivity contribution in [3.05, 3.63) is 15.6 Å². The molecule has 3 rings (SSSR count). The Morgan fingerprint density at radius 3 is 2.78 bits per heavy atom. The van der Waals surface area contributed by atoms with Crippen molar-refractivity contribution in [2.45, 2.75) is 63.7 Å². The van der Waals surface area contributed by atoms with Crippen LogP contribution in [-0.2, 0) is 20.7 Å². The van der Waals surface area contributed by atoms with Crippen LogP contribution in [0, 0.1) is 13.8 Å². The molecule has 0 bridgehead atoms. The van der Waals surface area contributed by atoms with Crippen molar-refractivity contribution < 1.29 is 14.3 Å². The van der Waals surface area contributed by atoms with Crippen LogP contribution >= 0.6 is 11.3 Å². The molecule has 2 aliphatic rings. The van der Waals surface area contributed by atoms with Gasteiger partial charge in [-0.15, -0.1) is 11.3 Å². The molecule has 0 radical (unpaired) electrons. The molecule has 128 valence electrons. The lowest BCUT2D eigenvalue weighted by Crippen LogP contribution is -2.53. The van der Waals surface area contributed by atoms with E-state index in [0.29, 0.717) is 6.42 Å². The van der Waals surface area contributed by atoms with Gasteiger partial charge in [0.1, 0.15) is 0 Å². The highest BCUT2D eigenvalue weighted by Gasteiger charge is 2.52. The van der Waals surface area contributed by atoms with Crippen LogP contribution in [0.2, 0.25) is 0 Å². The highest BCUT2D eigenvalue weighted by molar-refractivity contribution is 7.11. The van der Waals surface area contributed by atoms with Gasteiger partial charge in [-0.1, -0.05) is 0 Å². The number of nitrogens with zero attached hydrogens (tertiary/aromatic N) is 2. The third-order valence-electron chi connectivity index (χ3n) is 5.51. The maximum atomic E-state index is 12.9. The van der Waals surface area contributed by atoms with Gasteiger partial charge in [0.2, 0.25) is 5.91 Å². The summed E-state index contributed by atoms with van der Waals surface area (Å²) in [6.45, 7) is 4.75. The van der Waals surface area contributed by atoms with E-state index in [1.165, 1.54) is 0 Å². The minimum absolute atomic E-state index is 0.132. The molecule has 0 N–H and O–H groups in total. The monoisotopic (exact) mass is 338 g/mol. The number of aryl methyl sites for hydroxylation is 2. The summed E-state index contributed by atoms with van der Waals surface area (Å²) in [6.07, 6.45) is 4.45. The maximum absolute atomic E-state index is 12.9. The average Bonchev–Trinajstić information content (AvgIpc) is 3.07. The van der Waals surface area contributed by atoms with Gasteiger partial charge in [-0.25, -0.2) is 4.98 Å². The van der Waals surface area contributed by atoms with E-state index < -0.39 is 0 Å². The van der Waals surface area contributed by atoms with E-state index in [-0.39, 0.29) is 23.7 Å². The zero-order chi connectivity index (χ0) is 16.6. The number of likely N-dealkylation sites (tertiary alicyclic amines) is 1. The summed E-state index contributed by atoms with van der Waals surface area (Å²) in [5.74, 6) is 0.192. The van der Waals surface area contributed by atoms with E-state index in [4.69, 9.17) is 9.47 Å². The number of carbonyl (C=O) groups is 1. The average molecular weight is 338 g/mol. The van der Waals surface area contributed by atoms with Gasteiger partial charge in [0.05, 0.1) is 34.9 Å². The minimum Gasteiger partial charge on any atom is -0.381 e. The number of amides is 1. The highest BCUT2D eigenvalue weighted by atomic mass is 32.1. The van der Waals surface area contributed by atoms with Gasteiger partial charge in [-0.05, 0) is 39.5 Å². The zero-order valence-electron chi connectivity index (χ0n) is 14.4. The molecule has 2 heterocycles. The van der Waals surface area contributed by atoms with Crippen molar-refractivity contribution in [1.29, 1.82) is 0 Å². The summed E-state index contributed by atoms with van der Waals surface area (Å²) in [6, 6.07) is 0.132. The Labute approximate surface area is 142 Å². The first-order valence-corrected chi connectivity index (χ1v) is 9.11. The standard InChI is InChI=1S/C17H26N2O3S/c1-11-14(23-12(2)18-11)10-16(20)19-8-7-17(22-4)6-5-13(21-3)9-15(17)19/h13,15H,5-10H2,1-4H3/t13-,15-,17+/m0/s1. The van der Waals surface area contributed by atoms with Gasteiger partial charge in [0, 0.05) is 25.6 Å². The Balaban J connectivity index is 1.76. The second-order valence-electron chi connectivity index (χ2n) is 6.67. The van der Waals surface area contributed by atoms with Gasteiger partial charge in [-0.3, -0.25) is 4.79 Å². The summed E-state index contributed by atoms with van der Waals surface area (Å²) in [5, 5.41) is 1.02. The summed E-state index contributed by atoms with van der Waals surface area (Å²) < 4.78 is 11.5. The third kappa shape index (κ3) is 3.04. The van der Waals surface area contributed by atoms with E-state index in [1.54, 1.807) is 25.6 Å². The second-order valence-corrected chi connectivity index (χ2v) is 7.96. The highest BCUT2D eigenvalue weighted by Crippen LogP contribution is 2.43. The predicted molar refractivity (Wildman–Crippen MR) is 89.8 cm³/mol. The molecule has 1 aliphatic carbocycles. The van der Waals surface area contributed by atoms with Crippen molar-refractivity contribution in [3.63, 3.8) is 0 Å². The molecule has 0 aromatic carbocycles. The molecule has 3 atom stereocenters. The van der Waals surface area contributed by atoms with Crippen molar-refractivity contribution >= 4 is 17.2 Å². The van der Waals surface area contributed by atoms with Crippen LogP contribution < -0.4 is 0 Å². The van der Waals surface area contributed by atoms with Crippen LogP contribution in [0.25, 0.3) is 0 Å². The van der Waals surface area contributed by atoms with E-state index in [2.05, 4.69) is 4.98 Å². The van der Waals surface area contributed by atoms with Crippen LogP contribution in [-0.4, -0.2) is 54.3 Å². The molecule has 2 fully saturated rings. The summed E-state index contributed by atoms with van der Waals surface area (Å²) in [5.41, 5.74) is 0.806. The van der Waals surface area contributed by atoms with E-state index in [1.807, 2.05) is 18.7 Å². The Morgan fingerprint density at radius 1 is 1.39 bits per heavy atom. The molecule has 1 amide bonds. The van der Waals surface area contributed by atoms with Gasteiger partial charge in [-0.2, -0.15) is 0 Å². The Kier molecular flexibility index (Phi) is 4.76. The van der Waals surface area contributed by atoms with Crippen LogP contribution in [0.5, 0.6) is 0 Å². The number of methoxy groups -OCH3 is 2. The van der Waals surface area contributed by atoms with Crippen LogP contribution in [0.4, 0.5) is 0 Å². The molecule has 1 aliphatic heterocycles. The van der Waals surface area contributed by atoms with E-state index >= 15 is 0 Å². The fourth-order valence-corrected chi connectivity index (χ4v) is 5.08. The molecule has 1 aromatic heterocycles. The smallest absolute Gasteiger partial charge is 0.228 e. The van der Waals surface area contributed by atoms with Crippen LogP contribution in [0.15, 0.2) is 0 Å². The van der Waals surface area contributed by atoms with Crippen LogP contribution in [0.3, 0.4) is 0 Å². The fraction of sp³-hybridized carbons (Fsp3) is 0.765. The third-order valence-corrected chi connectivity index (χ3v) is 6.58. The van der Waals surface area contributed by atoms with Gasteiger partial charge in [0.25, 0.3) is 0 Å². The first-order valence-electron chi connectivity index (χ1n) is 8.29. The Bertz CT molecular complexity index is 588. The maximum Gasteiger partial charge on any atom is 0.228 e. The lowest BCUT2D eigenvalue weighted by Gasteiger charge is -2.43. The molecule has 6 heteroatoms. The molecule has 0 spiro atoms. The number of ether oxygens (including phenoxy) is 2. The van der Waals surface area contributed by atoms with E-state index in [9.17, 15) is 4.79 Å².